The second-order valence-corrected chi connectivity index (χ2v) is 5.53. The summed E-state index contributed by atoms with van der Waals surface area (Å²) in [5, 5.41) is 10.5. The highest BCUT2D eigenvalue weighted by atomic mass is 79.9. The normalized spacial score (nSPS) is 10.7. The van der Waals surface area contributed by atoms with Crippen molar-refractivity contribution in [2.45, 2.75) is 19.8 Å². The molecule has 108 valence electrons. The highest BCUT2D eigenvalue weighted by Crippen LogP contribution is 2.37. The number of rotatable bonds is 5. The van der Waals surface area contributed by atoms with Crippen LogP contribution >= 0.6 is 15.9 Å². The Bertz CT molecular complexity index is 596. The van der Waals surface area contributed by atoms with Gasteiger partial charge in [-0.1, -0.05) is 13.8 Å². The maximum Gasteiger partial charge on any atom is 0.162 e. The topological polar surface area (TPSA) is 59.2 Å². The molecule has 0 aliphatic heterocycles. The molecule has 0 saturated carbocycles. The molecule has 0 bridgehead atoms. The molecule has 0 saturated heterocycles. The van der Waals surface area contributed by atoms with E-state index in [1.165, 1.54) is 0 Å². The van der Waals surface area contributed by atoms with Gasteiger partial charge in [0.15, 0.2) is 17.3 Å². The number of nitrogens with zero attached hydrogens (tertiary/aromatic N) is 1. The molecule has 2 rings (SSSR count). The summed E-state index contributed by atoms with van der Waals surface area (Å²) in [4.78, 5) is 0. The number of hydrogen-bond donors (Lipinski definition) is 2. The van der Waals surface area contributed by atoms with Crippen LogP contribution in [0.5, 0.6) is 11.5 Å². The van der Waals surface area contributed by atoms with Gasteiger partial charge in [0, 0.05) is 28.4 Å². The lowest BCUT2D eigenvalue weighted by atomic mass is 10.1. The summed E-state index contributed by atoms with van der Waals surface area (Å²) in [5.74, 6) is 2.51. The van der Waals surface area contributed by atoms with Gasteiger partial charge in [-0.05, 0) is 21.8 Å². The van der Waals surface area contributed by atoms with Crippen LogP contribution in [-0.4, -0.2) is 24.4 Å². The van der Waals surface area contributed by atoms with Crippen LogP contribution in [0, 0.1) is 0 Å². The summed E-state index contributed by atoms with van der Waals surface area (Å²) in [7, 11) is 3.22. The molecule has 2 aromatic rings. The first-order valence-corrected chi connectivity index (χ1v) is 7.08. The number of aromatic amines is 1. The molecule has 0 spiro atoms. The number of H-pyrrole nitrogens is 1. The first-order chi connectivity index (χ1) is 9.55. The molecular formula is C14H18BrN3O2. The fourth-order valence-corrected chi connectivity index (χ4v) is 2.21. The van der Waals surface area contributed by atoms with Gasteiger partial charge in [-0.2, -0.15) is 5.10 Å². The number of nitrogens with one attached hydrogen (secondary N) is 2. The molecule has 0 fully saturated rings. The van der Waals surface area contributed by atoms with E-state index >= 15 is 0 Å². The number of halogens is 1. The van der Waals surface area contributed by atoms with Crippen molar-refractivity contribution in [3.8, 4) is 11.5 Å². The molecule has 0 aliphatic carbocycles. The molecule has 20 heavy (non-hydrogen) atoms. The van der Waals surface area contributed by atoms with Crippen molar-refractivity contribution < 1.29 is 9.47 Å². The van der Waals surface area contributed by atoms with Gasteiger partial charge in [0.2, 0.25) is 0 Å². The van der Waals surface area contributed by atoms with Gasteiger partial charge < -0.3 is 14.8 Å². The van der Waals surface area contributed by atoms with E-state index in [0.717, 1.165) is 21.7 Å². The van der Waals surface area contributed by atoms with Crippen molar-refractivity contribution in [3.63, 3.8) is 0 Å². The van der Waals surface area contributed by atoms with Crippen molar-refractivity contribution in [2.24, 2.45) is 0 Å². The smallest absolute Gasteiger partial charge is 0.162 e. The lowest BCUT2D eigenvalue weighted by Gasteiger charge is -2.12. The van der Waals surface area contributed by atoms with Crippen LogP contribution in [0.25, 0.3) is 0 Å². The fourth-order valence-electron chi connectivity index (χ4n) is 1.78. The van der Waals surface area contributed by atoms with Gasteiger partial charge in [-0.25, -0.2) is 0 Å². The van der Waals surface area contributed by atoms with Crippen molar-refractivity contribution >= 4 is 27.4 Å². The van der Waals surface area contributed by atoms with Crippen molar-refractivity contribution in [2.75, 3.05) is 19.5 Å². The lowest BCUT2D eigenvalue weighted by molar-refractivity contribution is 0.355. The van der Waals surface area contributed by atoms with E-state index in [4.69, 9.17) is 9.47 Å². The Hall–Kier alpha value is -1.69. The predicted octanol–water partition coefficient (Wildman–Crippen LogP) is 4.06. The first-order valence-electron chi connectivity index (χ1n) is 6.29. The van der Waals surface area contributed by atoms with E-state index in [1.54, 1.807) is 14.2 Å². The zero-order valence-electron chi connectivity index (χ0n) is 12.0. The zero-order valence-corrected chi connectivity index (χ0v) is 13.5. The van der Waals surface area contributed by atoms with Crippen LogP contribution in [0.2, 0.25) is 0 Å². The van der Waals surface area contributed by atoms with E-state index in [2.05, 4.69) is 45.3 Å². The Kier molecular flexibility index (Phi) is 4.54. The largest absolute Gasteiger partial charge is 0.493 e. The van der Waals surface area contributed by atoms with Crippen LogP contribution in [0.4, 0.5) is 11.5 Å². The van der Waals surface area contributed by atoms with Crippen LogP contribution in [0.3, 0.4) is 0 Å². The van der Waals surface area contributed by atoms with Crippen molar-refractivity contribution in [1.29, 1.82) is 0 Å². The SMILES string of the molecule is COc1cc(Br)c(Nc2cc(C(C)C)[nH]n2)cc1OC. The third-order valence-electron chi connectivity index (χ3n) is 2.96. The molecule has 1 aromatic carbocycles. The van der Waals surface area contributed by atoms with Crippen LogP contribution in [-0.2, 0) is 0 Å². The van der Waals surface area contributed by atoms with Gasteiger partial charge in [0.05, 0.1) is 19.9 Å². The molecule has 6 heteroatoms. The Morgan fingerprint density at radius 2 is 1.80 bits per heavy atom. The summed E-state index contributed by atoms with van der Waals surface area (Å²) in [6, 6.07) is 5.72. The Balaban J connectivity index is 2.28. The van der Waals surface area contributed by atoms with E-state index in [-0.39, 0.29) is 0 Å². The number of aromatic nitrogens is 2. The number of benzene rings is 1. The second-order valence-electron chi connectivity index (χ2n) is 4.68. The predicted molar refractivity (Wildman–Crippen MR) is 83.2 cm³/mol. The second kappa shape index (κ2) is 6.17. The third kappa shape index (κ3) is 3.07. The fraction of sp³-hybridized carbons (Fsp3) is 0.357. The maximum atomic E-state index is 5.30. The highest BCUT2D eigenvalue weighted by molar-refractivity contribution is 9.10. The molecule has 0 aliphatic rings. The number of hydrogen-bond acceptors (Lipinski definition) is 4. The lowest BCUT2D eigenvalue weighted by Crippen LogP contribution is -1.96. The zero-order chi connectivity index (χ0) is 14.7. The standard InChI is InChI=1S/C14H18BrN3O2/c1-8(2)10-7-14(18-17-10)16-11-6-13(20-4)12(19-3)5-9(11)15/h5-8H,1-4H3,(H2,16,17,18). The summed E-state index contributed by atoms with van der Waals surface area (Å²) in [5.41, 5.74) is 1.95. The minimum absolute atomic E-state index is 0.409. The molecule has 2 N–H and O–H groups in total. The minimum atomic E-state index is 0.409. The Morgan fingerprint density at radius 1 is 1.15 bits per heavy atom. The van der Waals surface area contributed by atoms with E-state index in [9.17, 15) is 0 Å². The van der Waals surface area contributed by atoms with E-state index < -0.39 is 0 Å². The maximum absolute atomic E-state index is 5.30. The summed E-state index contributed by atoms with van der Waals surface area (Å²) in [6.45, 7) is 4.23. The quantitative estimate of drug-likeness (QED) is 0.862. The molecule has 5 nitrogen and oxygen atoms in total. The van der Waals surface area contributed by atoms with Gasteiger partial charge in [-0.15, -0.1) is 0 Å². The van der Waals surface area contributed by atoms with Crippen LogP contribution in [0.15, 0.2) is 22.7 Å². The monoisotopic (exact) mass is 339 g/mol. The number of anilines is 2. The van der Waals surface area contributed by atoms with Crippen molar-refractivity contribution in [1.82, 2.24) is 10.2 Å². The number of methoxy groups -OCH3 is 2. The highest BCUT2D eigenvalue weighted by Gasteiger charge is 2.11. The van der Waals surface area contributed by atoms with Gasteiger partial charge >= 0.3 is 0 Å². The van der Waals surface area contributed by atoms with Crippen LogP contribution in [0.1, 0.15) is 25.5 Å². The van der Waals surface area contributed by atoms with Gasteiger partial charge in [0.1, 0.15) is 0 Å². The molecule has 0 unspecified atom stereocenters. The average molecular weight is 340 g/mol. The molecule has 0 radical (unpaired) electrons. The molecule has 1 aromatic heterocycles. The molecule has 0 atom stereocenters. The van der Waals surface area contributed by atoms with Gasteiger partial charge in [-0.3, -0.25) is 5.10 Å². The molecular weight excluding hydrogens is 322 g/mol. The molecule has 0 amide bonds. The molecule has 1 heterocycles. The van der Waals surface area contributed by atoms with E-state index in [1.807, 2.05) is 18.2 Å². The Morgan fingerprint density at radius 3 is 2.35 bits per heavy atom. The third-order valence-corrected chi connectivity index (χ3v) is 3.61. The summed E-state index contributed by atoms with van der Waals surface area (Å²) >= 11 is 3.51. The van der Waals surface area contributed by atoms with Gasteiger partial charge in [0.25, 0.3) is 0 Å². The summed E-state index contributed by atoms with van der Waals surface area (Å²) in [6.07, 6.45) is 0. The number of ether oxygens (including phenoxy) is 2. The Labute approximate surface area is 126 Å². The average Bonchev–Trinajstić information content (AvgIpc) is 2.89. The van der Waals surface area contributed by atoms with E-state index in [0.29, 0.717) is 17.4 Å². The van der Waals surface area contributed by atoms with Crippen LogP contribution < -0.4 is 14.8 Å². The van der Waals surface area contributed by atoms with Crippen molar-refractivity contribution in [3.05, 3.63) is 28.4 Å². The first kappa shape index (κ1) is 14.7. The summed E-state index contributed by atoms with van der Waals surface area (Å²) < 4.78 is 11.4. The minimum Gasteiger partial charge on any atom is -0.493 e.